The maximum atomic E-state index is 13.8. The molecule has 3 aromatic rings. The van der Waals surface area contributed by atoms with E-state index in [2.05, 4.69) is 10.9 Å². The lowest BCUT2D eigenvalue weighted by Gasteiger charge is -2.24. The third-order valence-electron chi connectivity index (χ3n) is 6.06. The fourth-order valence-corrected chi connectivity index (χ4v) is 5.29. The highest BCUT2D eigenvalue weighted by Gasteiger charge is 2.34. The maximum Gasteiger partial charge on any atom is 0.338 e. The molecule has 1 unspecified atom stereocenters. The summed E-state index contributed by atoms with van der Waals surface area (Å²) in [6.45, 7) is 4.76. The molecule has 13 heteroatoms. The molecule has 1 aliphatic heterocycles. The van der Waals surface area contributed by atoms with Gasteiger partial charge in [0.1, 0.15) is 12.4 Å². The van der Waals surface area contributed by atoms with E-state index in [1.165, 1.54) is 34.9 Å². The molecule has 0 aliphatic carbocycles. The van der Waals surface area contributed by atoms with Gasteiger partial charge >= 0.3 is 5.97 Å². The summed E-state index contributed by atoms with van der Waals surface area (Å²) in [6, 6.07) is 7.29. The number of fused-ring (bicyclic) bond motifs is 1. The van der Waals surface area contributed by atoms with Crippen LogP contribution in [-0.4, -0.2) is 33.6 Å². The average molecular weight is 563 g/mol. The number of hydrogen-bond acceptors (Lipinski definition) is 10. The maximum absolute atomic E-state index is 13.8. The number of allylic oxidation sites excluding steroid dienone is 1. The van der Waals surface area contributed by atoms with Crippen LogP contribution >= 0.6 is 11.3 Å². The zero-order chi connectivity index (χ0) is 29.1. The lowest BCUT2D eigenvalue weighted by molar-refractivity contribution is -0.385. The number of carbonyl (C=O) groups is 1. The van der Waals surface area contributed by atoms with E-state index in [0.29, 0.717) is 11.1 Å². The number of carbonyl (C=O) groups excluding carboxylic acids is 1. The van der Waals surface area contributed by atoms with Crippen LogP contribution in [0.15, 0.2) is 57.5 Å². The summed E-state index contributed by atoms with van der Waals surface area (Å²) >= 11 is 0.989. The Kier molecular flexibility index (Phi) is 7.92. The minimum Gasteiger partial charge on any atom is -0.480 e. The van der Waals surface area contributed by atoms with Crippen molar-refractivity contribution in [2.75, 3.05) is 13.2 Å². The first-order valence-corrected chi connectivity index (χ1v) is 12.7. The van der Waals surface area contributed by atoms with Crippen LogP contribution in [0.25, 0.3) is 6.08 Å². The zero-order valence-electron chi connectivity index (χ0n) is 21.6. The van der Waals surface area contributed by atoms with Gasteiger partial charge in [0.25, 0.3) is 16.9 Å². The number of aryl methyl sites for hydroxylation is 1. The molecule has 1 aromatic heterocycles. The van der Waals surface area contributed by atoms with E-state index in [1.54, 1.807) is 32.9 Å². The summed E-state index contributed by atoms with van der Waals surface area (Å²) in [6.07, 6.45) is 6.70. The van der Waals surface area contributed by atoms with Crippen molar-refractivity contribution in [3.05, 3.63) is 104 Å². The van der Waals surface area contributed by atoms with Gasteiger partial charge in [-0.2, -0.15) is 0 Å². The van der Waals surface area contributed by atoms with Gasteiger partial charge in [0.15, 0.2) is 4.80 Å². The van der Waals surface area contributed by atoms with Crippen LogP contribution in [0.5, 0.6) is 5.75 Å². The number of thiazole rings is 1. The van der Waals surface area contributed by atoms with Crippen molar-refractivity contribution in [1.29, 1.82) is 0 Å². The molecule has 2 heterocycles. The first kappa shape index (κ1) is 27.9. The van der Waals surface area contributed by atoms with Gasteiger partial charge in [-0.1, -0.05) is 29.4 Å². The molecular formula is C27H22N4O8S. The van der Waals surface area contributed by atoms with Crippen LogP contribution in [-0.2, 0) is 9.53 Å². The monoisotopic (exact) mass is 562 g/mol. The SMILES string of the molecule is C#CCOc1ccc([N+](=O)[O-])cc1C=c1sc2n(c1=O)C(c1ccc(C)c([N+](=O)[O-])c1)C(C(=O)OCC)=C(C)N=2. The Hall–Kier alpha value is -5.09. The molecule has 0 spiro atoms. The molecule has 0 saturated carbocycles. The van der Waals surface area contributed by atoms with Crippen LogP contribution in [0.4, 0.5) is 11.4 Å². The van der Waals surface area contributed by atoms with Crippen LogP contribution in [0.2, 0.25) is 0 Å². The predicted octanol–water partition coefficient (Wildman–Crippen LogP) is 2.94. The Morgan fingerprint density at radius 1 is 1.20 bits per heavy atom. The summed E-state index contributed by atoms with van der Waals surface area (Å²) in [7, 11) is 0. The lowest BCUT2D eigenvalue weighted by Crippen LogP contribution is -2.40. The van der Waals surface area contributed by atoms with E-state index in [-0.39, 0.29) is 56.5 Å². The molecule has 0 amide bonds. The van der Waals surface area contributed by atoms with Gasteiger partial charge < -0.3 is 9.47 Å². The minimum atomic E-state index is -1.07. The fourth-order valence-electron chi connectivity index (χ4n) is 4.25. The van der Waals surface area contributed by atoms with Crippen molar-refractivity contribution in [2.24, 2.45) is 4.99 Å². The molecule has 2 aromatic carbocycles. The second kappa shape index (κ2) is 11.3. The van der Waals surface area contributed by atoms with Crippen LogP contribution < -0.4 is 19.6 Å². The number of nitrogens with zero attached hydrogens (tertiary/aromatic N) is 4. The second-order valence-corrected chi connectivity index (χ2v) is 9.59. The van der Waals surface area contributed by atoms with Crippen molar-refractivity contribution in [3.63, 3.8) is 0 Å². The van der Waals surface area contributed by atoms with Gasteiger partial charge in [-0.15, -0.1) is 6.42 Å². The number of esters is 1. The molecule has 4 rings (SSSR count). The van der Waals surface area contributed by atoms with E-state index in [0.717, 1.165) is 11.3 Å². The number of rotatable bonds is 8. The van der Waals surface area contributed by atoms with E-state index >= 15 is 0 Å². The quantitative estimate of drug-likeness (QED) is 0.176. The highest BCUT2D eigenvalue weighted by Crippen LogP contribution is 2.33. The number of non-ortho nitro benzene ring substituents is 1. The van der Waals surface area contributed by atoms with Crippen molar-refractivity contribution in [2.45, 2.75) is 26.8 Å². The Labute approximate surface area is 230 Å². The van der Waals surface area contributed by atoms with Gasteiger partial charge in [0.2, 0.25) is 0 Å². The lowest BCUT2D eigenvalue weighted by atomic mass is 9.94. The third-order valence-corrected chi connectivity index (χ3v) is 7.05. The Bertz CT molecular complexity index is 1810. The topological polar surface area (TPSA) is 156 Å². The van der Waals surface area contributed by atoms with Crippen molar-refractivity contribution < 1.29 is 24.1 Å². The molecule has 0 saturated heterocycles. The molecule has 204 valence electrons. The summed E-state index contributed by atoms with van der Waals surface area (Å²) < 4.78 is 12.2. The van der Waals surface area contributed by atoms with Gasteiger partial charge in [-0.25, -0.2) is 9.79 Å². The molecule has 1 aliphatic rings. The second-order valence-electron chi connectivity index (χ2n) is 8.58. The van der Waals surface area contributed by atoms with Gasteiger partial charge in [-0.05, 0) is 38.5 Å². The molecule has 1 atom stereocenters. The van der Waals surface area contributed by atoms with Gasteiger partial charge in [0.05, 0.1) is 38.3 Å². The molecule has 40 heavy (non-hydrogen) atoms. The standard InChI is InChI=1S/C27H22N4O8S/c1-5-11-39-21-10-9-19(30(34)35)12-18(21)14-22-25(32)29-24(17-8-7-15(3)20(13-17)31(36)37)23(26(33)38-6-2)16(4)28-27(29)40-22/h1,7-10,12-14,24H,6,11H2,2-4H3. The molecule has 0 N–H and O–H groups in total. The highest BCUT2D eigenvalue weighted by molar-refractivity contribution is 7.07. The van der Waals surface area contributed by atoms with Gasteiger partial charge in [0, 0.05) is 29.3 Å². The third kappa shape index (κ3) is 5.25. The zero-order valence-corrected chi connectivity index (χ0v) is 22.4. The van der Waals surface area contributed by atoms with Crippen LogP contribution in [0, 0.1) is 39.5 Å². The van der Waals surface area contributed by atoms with E-state index in [4.69, 9.17) is 15.9 Å². The molecule has 12 nitrogen and oxygen atoms in total. The Balaban J connectivity index is 2.00. The molecule has 0 fully saturated rings. The van der Waals surface area contributed by atoms with Crippen LogP contribution in [0.1, 0.15) is 36.6 Å². The molecule has 0 radical (unpaired) electrons. The fraction of sp³-hybridized carbons (Fsp3) is 0.222. The first-order valence-electron chi connectivity index (χ1n) is 11.9. The Morgan fingerprint density at radius 3 is 2.60 bits per heavy atom. The number of nitro groups is 2. The van der Waals surface area contributed by atoms with E-state index in [1.807, 2.05) is 0 Å². The van der Waals surface area contributed by atoms with Crippen molar-refractivity contribution in [1.82, 2.24) is 4.57 Å². The largest absolute Gasteiger partial charge is 0.480 e. The summed E-state index contributed by atoms with van der Waals surface area (Å²) in [5.74, 6) is 1.83. The predicted molar refractivity (Wildman–Crippen MR) is 146 cm³/mol. The summed E-state index contributed by atoms with van der Waals surface area (Å²) in [4.78, 5) is 53.5. The summed E-state index contributed by atoms with van der Waals surface area (Å²) in [5.41, 5.74) is 0.335. The van der Waals surface area contributed by atoms with Crippen molar-refractivity contribution >= 4 is 34.8 Å². The number of terminal acetylenes is 1. The molecule has 0 bridgehead atoms. The van der Waals surface area contributed by atoms with E-state index < -0.39 is 27.4 Å². The first-order chi connectivity index (χ1) is 19.1. The van der Waals surface area contributed by atoms with Crippen LogP contribution in [0.3, 0.4) is 0 Å². The van der Waals surface area contributed by atoms with Gasteiger partial charge in [-0.3, -0.25) is 29.6 Å². The summed E-state index contributed by atoms with van der Waals surface area (Å²) in [5, 5.41) is 23.1. The number of benzene rings is 2. The normalized spacial score (nSPS) is 14.7. The number of ether oxygens (including phenoxy) is 2. The van der Waals surface area contributed by atoms with E-state index in [9.17, 15) is 29.8 Å². The smallest absolute Gasteiger partial charge is 0.338 e. The number of nitro benzene ring substituents is 2. The molecular weight excluding hydrogens is 540 g/mol. The highest BCUT2D eigenvalue weighted by atomic mass is 32.1. The average Bonchev–Trinajstić information content (AvgIpc) is 3.21. The van der Waals surface area contributed by atoms with Crippen molar-refractivity contribution in [3.8, 4) is 18.1 Å². The number of hydrogen-bond donors (Lipinski definition) is 0. The minimum absolute atomic E-state index is 0.0624. The Morgan fingerprint density at radius 2 is 1.95 bits per heavy atom. The number of aromatic nitrogens is 1.